The van der Waals surface area contributed by atoms with Crippen LogP contribution in [0.25, 0.3) is 0 Å². The molecule has 0 aliphatic heterocycles. The predicted molar refractivity (Wildman–Crippen MR) is 46.0 cm³/mol. The molecule has 0 saturated heterocycles. The van der Waals surface area contributed by atoms with Crippen molar-refractivity contribution in [2.24, 2.45) is 0 Å². The summed E-state index contributed by atoms with van der Waals surface area (Å²) in [6, 6.07) is 0. The fourth-order valence-electron chi connectivity index (χ4n) is 0.758. The minimum absolute atomic E-state index is 0.0369. The fraction of sp³-hybridized carbons (Fsp3) is 1.00. The van der Waals surface area contributed by atoms with Gasteiger partial charge < -0.3 is 0 Å². The maximum absolute atomic E-state index is 10.2. The van der Waals surface area contributed by atoms with E-state index in [9.17, 15) is 4.57 Å². The van der Waals surface area contributed by atoms with Crippen molar-refractivity contribution in [2.75, 3.05) is 6.61 Å². The maximum Gasteiger partial charge on any atom is 0.694 e. The summed E-state index contributed by atoms with van der Waals surface area (Å²) in [6.45, 7) is 3.79. The van der Waals surface area contributed by atoms with Crippen molar-refractivity contribution in [3.8, 4) is 0 Å². The van der Waals surface area contributed by atoms with E-state index in [0.717, 1.165) is 0 Å². The van der Waals surface area contributed by atoms with E-state index in [-0.39, 0.29) is 6.61 Å². The summed E-state index contributed by atoms with van der Waals surface area (Å²) in [6.07, 6.45) is 1.27. The molecule has 6 heteroatoms. The molecule has 0 amide bonds. The third-order valence-electron chi connectivity index (χ3n) is 1.89. The van der Waals surface area contributed by atoms with Crippen molar-refractivity contribution in [3.63, 3.8) is 0 Å². The summed E-state index contributed by atoms with van der Waals surface area (Å²) < 4.78 is 19.5. The molecule has 0 radical (unpaired) electrons. The molecule has 4 nitrogen and oxygen atoms in total. The van der Waals surface area contributed by atoms with Crippen molar-refractivity contribution in [1.29, 1.82) is 0 Å². The van der Waals surface area contributed by atoms with Gasteiger partial charge in [0.15, 0.2) is 0 Å². The highest BCUT2D eigenvalue weighted by Crippen LogP contribution is 2.27. The molecular weight excluding hydrogens is 202 g/mol. The second kappa shape index (κ2) is 5.84. The van der Waals surface area contributed by atoms with Crippen molar-refractivity contribution in [3.05, 3.63) is 0 Å². The Labute approximate surface area is 77.9 Å². The molecule has 12 heavy (non-hydrogen) atoms. The number of rotatable bonds is 6. The van der Waals surface area contributed by atoms with Crippen LogP contribution in [-0.4, -0.2) is 17.1 Å². The third-order valence-corrected chi connectivity index (χ3v) is 2.57. The Balaban J connectivity index is 4.01. The monoisotopic (exact) mass is 215 g/mol. The zero-order chi connectivity index (χ0) is 9.61. The Kier molecular flexibility index (Phi) is 5.97. The molecule has 1 N–H and O–H groups in total. The zero-order valence-electron chi connectivity index (χ0n) is 7.12. The topological polar surface area (TPSA) is 55.8 Å². The zero-order valence-corrected chi connectivity index (χ0v) is 8.77. The molecule has 0 aromatic heterocycles. The van der Waals surface area contributed by atoms with Gasteiger partial charge in [-0.15, -0.1) is 9.42 Å². The lowest BCUT2D eigenvalue weighted by Gasteiger charge is -2.24. The van der Waals surface area contributed by atoms with E-state index < -0.39 is 13.9 Å². The number of halogens is 1. The highest BCUT2D eigenvalue weighted by molar-refractivity contribution is 7.32. The van der Waals surface area contributed by atoms with Gasteiger partial charge in [0.05, 0.1) is 11.9 Å². The standard InChI is InChI=1S/C6H12ClO4P/c1-3-6(4-2,11-7)5-10-12(8)9/h3-5H2,1-2H3/p+1. The summed E-state index contributed by atoms with van der Waals surface area (Å²) in [7, 11) is -2.57. The summed E-state index contributed by atoms with van der Waals surface area (Å²) in [4.78, 5) is 8.39. The Morgan fingerprint density at radius 2 is 2.00 bits per heavy atom. The first kappa shape index (κ1) is 12.3. The van der Waals surface area contributed by atoms with E-state index in [0.29, 0.717) is 12.8 Å². The average Bonchev–Trinajstić information content (AvgIpc) is 2.08. The van der Waals surface area contributed by atoms with Crippen LogP contribution in [0.3, 0.4) is 0 Å². The Hall–Kier alpha value is 0.270. The van der Waals surface area contributed by atoms with Gasteiger partial charge in [-0.05, 0) is 12.8 Å². The Morgan fingerprint density at radius 1 is 1.50 bits per heavy atom. The first-order valence-corrected chi connectivity index (χ1v) is 5.13. The molecule has 0 fully saturated rings. The summed E-state index contributed by atoms with van der Waals surface area (Å²) in [5.41, 5.74) is -0.644. The van der Waals surface area contributed by atoms with Crippen LogP contribution in [0.15, 0.2) is 0 Å². The maximum atomic E-state index is 10.2. The van der Waals surface area contributed by atoms with E-state index in [1.165, 1.54) is 0 Å². The SMILES string of the molecule is CCC(CC)(CO[P+](=O)O)OCl. The van der Waals surface area contributed by atoms with Crippen LogP contribution < -0.4 is 0 Å². The van der Waals surface area contributed by atoms with E-state index in [4.69, 9.17) is 21.0 Å². The molecule has 0 heterocycles. The Bertz CT molecular complexity index is 140. The molecule has 72 valence electrons. The smallest absolute Gasteiger partial charge is 0.270 e. The van der Waals surface area contributed by atoms with Crippen molar-refractivity contribution < 1.29 is 18.3 Å². The first-order chi connectivity index (χ1) is 5.60. The van der Waals surface area contributed by atoms with Crippen LogP contribution in [0.5, 0.6) is 0 Å². The lowest BCUT2D eigenvalue weighted by molar-refractivity contribution is 0.0195. The molecule has 0 aliphatic rings. The lowest BCUT2D eigenvalue weighted by atomic mass is 9.99. The summed E-state index contributed by atoms with van der Waals surface area (Å²) in [5.74, 6) is 0. The molecule has 0 spiro atoms. The van der Waals surface area contributed by atoms with E-state index >= 15 is 0 Å². The van der Waals surface area contributed by atoms with Gasteiger partial charge in [-0.3, -0.25) is 4.29 Å². The average molecular weight is 216 g/mol. The van der Waals surface area contributed by atoms with Crippen LogP contribution >= 0.6 is 20.1 Å². The third kappa shape index (κ3) is 3.78. The van der Waals surface area contributed by atoms with Crippen molar-refractivity contribution >= 4 is 20.1 Å². The largest absolute Gasteiger partial charge is 0.694 e. The number of hydrogen-bond donors (Lipinski definition) is 1. The second-order valence-electron chi connectivity index (χ2n) is 2.48. The molecule has 0 aromatic rings. The van der Waals surface area contributed by atoms with Gasteiger partial charge in [0.2, 0.25) is 0 Å². The van der Waals surface area contributed by atoms with E-state index in [2.05, 4.69) is 4.52 Å². The fourth-order valence-corrected chi connectivity index (χ4v) is 1.37. The summed E-state index contributed by atoms with van der Waals surface area (Å²) >= 11 is 5.25. The van der Waals surface area contributed by atoms with Gasteiger partial charge in [-0.2, -0.15) is 0 Å². The van der Waals surface area contributed by atoms with Crippen molar-refractivity contribution in [2.45, 2.75) is 32.3 Å². The van der Waals surface area contributed by atoms with E-state index in [1.807, 2.05) is 13.8 Å². The molecule has 0 bridgehead atoms. The first-order valence-electron chi connectivity index (χ1n) is 3.69. The Morgan fingerprint density at radius 3 is 2.25 bits per heavy atom. The van der Waals surface area contributed by atoms with Crippen LogP contribution in [0.4, 0.5) is 0 Å². The molecule has 0 saturated carbocycles. The molecule has 0 rings (SSSR count). The van der Waals surface area contributed by atoms with Gasteiger partial charge in [0.1, 0.15) is 12.2 Å². The van der Waals surface area contributed by atoms with Crippen LogP contribution in [0.1, 0.15) is 26.7 Å². The van der Waals surface area contributed by atoms with Crippen LogP contribution in [-0.2, 0) is 13.4 Å². The van der Waals surface area contributed by atoms with Gasteiger partial charge in [-0.1, -0.05) is 13.8 Å². The molecular formula is C6H13ClO4P+. The van der Waals surface area contributed by atoms with Crippen LogP contribution in [0.2, 0.25) is 0 Å². The quantitative estimate of drug-likeness (QED) is 0.691. The minimum atomic E-state index is -2.57. The molecule has 1 atom stereocenters. The minimum Gasteiger partial charge on any atom is -0.270 e. The summed E-state index contributed by atoms with van der Waals surface area (Å²) in [5, 5.41) is 0. The predicted octanol–water partition coefficient (Wildman–Crippen LogP) is 2.38. The highest BCUT2D eigenvalue weighted by atomic mass is 35.5. The highest BCUT2D eigenvalue weighted by Gasteiger charge is 2.32. The van der Waals surface area contributed by atoms with Crippen molar-refractivity contribution in [1.82, 2.24) is 0 Å². The van der Waals surface area contributed by atoms with Gasteiger partial charge in [0, 0.05) is 4.57 Å². The van der Waals surface area contributed by atoms with E-state index in [1.54, 1.807) is 0 Å². The lowest BCUT2D eigenvalue weighted by Crippen LogP contribution is -2.32. The molecule has 0 aromatic carbocycles. The molecule has 1 unspecified atom stereocenters. The van der Waals surface area contributed by atoms with Crippen LogP contribution in [0, 0.1) is 0 Å². The van der Waals surface area contributed by atoms with Gasteiger partial charge >= 0.3 is 8.25 Å². The molecule has 0 aliphatic carbocycles. The second-order valence-corrected chi connectivity index (χ2v) is 3.37. The normalized spacial score (nSPS) is 13.2. The van der Waals surface area contributed by atoms with Gasteiger partial charge in [0.25, 0.3) is 0 Å². The number of hydrogen-bond acceptors (Lipinski definition) is 3. The van der Waals surface area contributed by atoms with Gasteiger partial charge in [-0.25, -0.2) is 0 Å².